The number of urea groups is 1. The van der Waals surface area contributed by atoms with Crippen molar-refractivity contribution in [2.24, 2.45) is 5.41 Å². The molecule has 0 bridgehead atoms. The molecular weight excluding hydrogens is 304 g/mol. The van der Waals surface area contributed by atoms with Crippen molar-refractivity contribution in [3.05, 3.63) is 17.7 Å². The maximum atomic E-state index is 12.6. The van der Waals surface area contributed by atoms with Crippen LogP contribution in [0.3, 0.4) is 0 Å². The van der Waals surface area contributed by atoms with Crippen molar-refractivity contribution in [1.29, 1.82) is 0 Å². The number of hydrogen-bond donors (Lipinski definition) is 2. The van der Waals surface area contributed by atoms with Gasteiger partial charge < -0.3 is 15.4 Å². The van der Waals surface area contributed by atoms with Gasteiger partial charge in [-0.3, -0.25) is 0 Å². The molecule has 1 unspecified atom stereocenters. The zero-order valence-electron chi connectivity index (χ0n) is 14.3. The first-order valence-electron chi connectivity index (χ1n) is 9.15. The Hall–Kier alpha value is -1.69. The van der Waals surface area contributed by atoms with Gasteiger partial charge in [-0.05, 0) is 50.9 Å². The lowest BCUT2D eigenvalue weighted by Crippen LogP contribution is -2.48. The maximum absolute atomic E-state index is 12.6. The summed E-state index contributed by atoms with van der Waals surface area (Å²) in [5.41, 5.74) is 1.99. The lowest BCUT2D eigenvalue weighted by atomic mass is 9.75. The average Bonchev–Trinajstić information content (AvgIpc) is 3.36. The second-order valence-electron chi connectivity index (χ2n) is 7.51. The van der Waals surface area contributed by atoms with Crippen molar-refractivity contribution in [3.63, 3.8) is 0 Å². The highest BCUT2D eigenvalue weighted by Gasteiger charge is 2.44. The smallest absolute Gasteiger partial charge is 0.319 e. The van der Waals surface area contributed by atoms with Crippen molar-refractivity contribution in [2.75, 3.05) is 18.5 Å². The molecule has 6 nitrogen and oxygen atoms in total. The SMILES string of the molecule is Cc1ncc(NC(=O)NC2CCCC23CCOCC3)c(C2CC2)n1. The average molecular weight is 330 g/mol. The van der Waals surface area contributed by atoms with E-state index in [1.807, 2.05) is 6.92 Å². The molecule has 3 aliphatic rings. The molecular formula is C18H26N4O2. The topological polar surface area (TPSA) is 76.1 Å². The van der Waals surface area contributed by atoms with Gasteiger partial charge in [0.15, 0.2) is 0 Å². The Kier molecular flexibility index (Phi) is 4.16. The Balaban J connectivity index is 1.43. The number of carbonyl (C=O) groups excluding carboxylic acids is 1. The van der Waals surface area contributed by atoms with E-state index in [2.05, 4.69) is 20.6 Å². The molecule has 0 radical (unpaired) electrons. The van der Waals surface area contributed by atoms with Crippen LogP contribution in [0.2, 0.25) is 0 Å². The number of aromatic nitrogens is 2. The molecule has 2 N–H and O–H groups in total. The summed E-state index contributed by atoms with van der Waals surface area (Å²) in [5.74, 6) is 1.25. The molecule has 1 aromatic heterocycles. The first-order valence-corrected chi connectivity index (χ1v) is 9.15. The quantitative estimate of drug-likeness (QED) is 0.893. The molecule has 2 heterocycles. The van der Waals surface area contributed by atoms with Crippen molar-refractivity contribution < 1.29 is 9.53 Å². The summed E-state index contributed by atoms with van der Waals surface area (Å²) in [4.78, 5) is 21.3. The number of hydrogen-bond acceptors (Lipinski definition) is 4. The molecule has 3 fully saturated rings. The summed E-state index contributed by atoms with van der Waals surface area (Å²) in [6.07, 6.45) is 9.60. The molecule has 2 aliphatic carbocycles. The molecule has 1 spiro atoms. The van der Waals surface area contributed by atoms with Crippen molar-refractivity contribution >= 4 is 11.7 Å². The maximum Gasteiger partial charge on any atom is 0.319 e. The standard InChI is InChI=1S/C18H26N4O2/c1-12-19-11-14(16(20-12)13-4-5-13)21-17(23)22-15-3-2-6-18(15)7-9-24-10-8-18/h11,13,15H,2-10H2,1H3,(H2,21,22,23). The van der Waals surface area contributed by atoms with E-state index in [4.69, 9.17) is 4.74 Å². The van der Waals surface area contributed by atoms with Crippen LogP contribution in [0.5, 0.6) is 0 Å². The minimum absolute atomic E-state index is 0.123. The monoisotopic (exact) mass is 330 g/mol. The Morgan fingerprint density at radius 3 is 2.79 bits per heavy atom. The van der Waals surface area contributed by atoms with E-state index in [0.717, 1.165) is 62.5 Å². The van der Waals surface area contributed by atoms with Gasteiger partial charge in [-0.1, -0.05) is 6.42 Å². The van der Waals surface area contributed by atoms with Gasteiger partial charge in [0.25, 0.3) is 0 Å². The molecule has 130 valence electrons. The molecule has 2 saturated carbocycles. The lowest BCUT2D eigenvalue weighted by molar-refractivity contribution is 0.00652. The third kappa shape index (κ3) is 3.11. The van der Waals surface area contributed by atoms with Crippen LogP contribution in [0.25, 0.3) is 0 Å². The molecule has 0 aromatic carbocycles. The molecule has 2 amide bonds. The van der Waals surface area contributed by atoms with Crippen molar-refractivity contribution in [3.8, 4) is 0 Å². The van der Waals surface area contributed by atoms with E-state index in [1.165, 1.54) is 12.8 Å². The van der Waals surface area contributed by atoms with Crippen LogP contribution >= 0.6 is 0 Å². The van der Waals surface area contributed by atoms with Crippen LogP contribution in [0, 0.1) is 12.3 Å². The summed E-state index contributed by atoms with van der Waals surface area (Å²) in [7, 11) is 0. The minimum atomic E-state index is -0.123. The van der Waals surface area contributed by atoms with Crippen LogP contribution in [-0.2, 0) is 4.74 Å². The van der Waals surface area contributed by atoms with Gasteiger partial charge in [0.2, 0.25) is 0 Å². The number of carbonyl (C=O) groups is 1. The van der Waals surface area contributed by atoms with Gasteiger partial charge >= 0.3 is 6.03 Å². The predicted octanol–water partition coefficient (Wildman–Crippen LogP) is 3.13. The number of aryl methyl sites for hydroxylation is 1. The molecule has 1 saturated heterocycles. The number of amides is 2. The first-order chi connectivity index (χ1) is 11.7. The van der Waals surface area contributed by atoms with Crippen molar-refractivity contribution in [2.45, 2.75) is 63.8 Å². The van der Waals surface area contributed by atoms with Gasteiger partial charge in [0.1, 0.15) is 5.82 Å². The number of anilines is 1. The first kappa shape index (κ1) is 15.8. The van der Waals surface area contributed by atoms with Gasteiger partial charge in [-0.2, -0.15) is 0 Å². The molecule has 24 heavy (non-hydrogen) atoms. The van der Waals surface area contributed by atoms with E-state index in [9.17, 15) is 4.79 Å². The largest absolute Gasteiger partial charge is 0.381 e. The lowest BCUT2D eigenvalue weighted by Gasteiger charge is -2.39. The van der Waals surface area contributed by atoms with E-state index in [-0.39, 0.29) is 17.5 Å². The van der Waals surface area contributed by atoms with E-state index >= 15 is 0 Å². The highest BCUT2D eigenvalue weighted by atomic mass is 16.5. The summed E-state index contributed by atoms with van der Waals surface area (Å²) < 4.78 is 5.52. The second-order valence-corrected chi connectivity index (χ2v) is 7.51. The Morgan fingerprint density at radius 2 is 2.04 bits per heavy atom. The zero-order chi connectivity index (χ0) is 16.6. The van der Waals surface area contributed by atoms with Crippen LogP contribution in [0.4, 0.5) is 10.5 Å². The van der Waals surface area contributed by atoms with Crippen LogP contribution in [-0.4, -0.2) is 35.3 Å². The van der Waals surface area contributed by atoms with Gasteiger partial charge in [0, 0.05) is 25.2 Å². The molecule has 4 rings (SSSR count). The molecule has 1 aromatic rings. The third-order valence-electron chi connectivity index (χ3n) is 5.85. The normalized spacial score (nSPS) is 25.6. The van der Waals surface area contributed by atoms with Crippen LogP contribution < -0.4 is 10.6 Å². The fourth-order valence-electron chi connectivity index (χ4n) is 4.31. The van der Waals surface area contributed by atoms with Crippen LogP contribution in [0.1, 0.15) is 62.4 Å². The summed E-state index contributed by atoms with van der Waals surface area (Å²) in [5, 5.41) is 6.23. The van der Waals surface area contributed by atoms with Gasteiger partial charge in [-0.15, -0.1) is 0 Å². The summed E-state index contributed by atoms with van der Waals surface area (Å²) in [6, 6.07) is 0.124. The number of rotatable bonds is 3. The Labute approximate surface area is 142 Å². The summed E-state index contributed by atoms with van der Waals surface area (Å²) in [6.45, 7) is 3.53. The Bertz CT molecular complexity index is 623. The molecule has 1 atom stereocenters. The van der Waals surface area contributed by atoms with E-state index in [1.54, 1.807) is 6.20 Å². The fraction of sp³-hybridized carbons (Fsp3) is 0.722. The predicted molar refractivity (Wildman–Crippen MR) is 91.0 cm³/mol. The Morgan fingerprint density at radius 1 is 1.25 bits per heavy atom. The number of ether oxygens (including phenoxy) is 1. The second kappa shape index (κ2) is 6.31. The molecule has 1 aliphatic heterocycles. The van der Waals surface area contributed by atoms with E-state index < -0.39 is 0 Å². The minimum Gasteiger partial charge on any atom is -0.381 e. The zero-order valence-corrected chi connectivity index (χ0v) is 14.3. The van der Waals surface area contributed by atoms with Gasteiger partial charge in [0.05, 0.1) is 17.6 Å². The van der Waals surface area contributed by atoms with Crippen LogP contribution in [0.15, 0.2) is 6.20 Å². The van der Waals surface area contributed by atoms with E-state index in [0.29, 0.717) is 5.92 Å². The van der Waals surface area contributed by atoms with Gasteiger partial charge in [-0.25, -0.2) is 14.8 Å². The fourth-order valence-corrected chi connectivity index (χ4v) is 4.31. The summed E-state index contributed by atoms with van der Waals surface area (Å²) >= 11 is 0. The number of nitrogens with zero attached hydrogens (tertiary/aromatic N) is 2. The highest BCUT2D eigenvalue weighted by molar-refractivity contribution is 5.90. The third-order valence-corrected chi connectivity index (χ3v) is 5.85. The molecule has 6 heteroatoms. The van der Waals surface area contributed by atoms with Crippen molar-refractivity contribution in [1.82, 2.24) is 15.3 Å². The highest BCUT2D eigenvalue weighted by Crippen LogP contribution is 2.46. The number of nitrogens with one attached hydrogen (secondary N) is 2.